The summed E-state index contributed by atoms with van der Waals surface area (Å²) < 4.78 is 10.6. The van der Waals surface area contributed by atoms with Crippen molar-refractivity contribution in [2.45, 2.75) is 25.7 Å². The van der Waals surface area contributed by atoms with Crippen LogP contribution in [0.4, 0.5) is 0 Å². The first kappa shape index (κ1) is 19.5. The number of rotatable bonds is 8. The van der Waals surface area contributed by atoms with Crippen LogP contribution in [-0.4, -0.2) is 63.9 Å². The number of hydrogen-bond donors (Lipinski definition) is 2. The zero-order valence-corrected chi connectivity index (χ0v) is 15.8. The van der Waals surface area contributed by atoms with E-state index in [4.69, 9.17) is 15.2 Å². The molecule has 25 heavy (non-hydrogen) atoms. The summed E-state index contributed by atoms with van der Waals surface area (Å²) in [7, 11) is 1.68. The highest BCUT2D eigenvalue weighted by Gasteiger charge is 2.20. The summed E-state index contributed by atoms with van der Waals surface area (Å²) in [6, 6.07) is 8.13. The molecule has 6 heteroatoms. The Balaban J connectivity index is 1.72. The third kappa shape index (κ3) is 6.55. The van der Waals surface area contributed by atoms with Crippen LogP contribution >= 0.6 is 0 Å². The first-order chi connectivity index (χ1) is 12.0. The highest BCUT2D eigenvalue weighted by molar-refractivity contribution is 5.77. The molecule has 0 spiro atoms. The Morgan fingerprint density at radius 2 is 1.96 bits per heavy atom. The van der Waals surface area contributed by atoms with Crippen molar-refractivity contribution in [2.75, 3.05) is 53.0 Å². The van der Waals surface area contributed by atoms with Crippen LogP contribution in [0, 0.1) is 0 Å². The van der Waals surface area contributed by atoms with Gasteiger partial charge in [-0.2, -0.15) is 0 Å². The van der Waals surface area contributed by atoms with Gasteiger partial charge in [0.05, 0.1) is 26.9 Å². The second-order valence-corrected chi connectivity index (χ2v) is 7.05. The van der Waals surface area contributed by atoms with Crippen LogP contribution in [0.25, 0.3) is 0 Å². The van der Waals surface area contributed by atoms with Gasteiger partial charge in [0, 0.05) is 25.0 Å². The fourth-order valence-electron chi connectivity index (χ4n) is 2.82. The number of benzene rings is 1. The summed E-state index contributed by atoms with van der Waals surface area (Å²) in [5, 5.41) is 3.21. The van der Waals surface area contributed by atoms with E-state index in [0.717, 1.165) is 51.6 Å². The molecule has 0 aliphatic carbocycles. The van der Waals surface area contributed by atoms with Crippen molar-refractivity contribution in [3.63, 3.8) is 0 Å². The van der Waals surface area contributed by atoms with Crippen LogP contribution in [0.2, 0.25) is 0 Å². The lowest BCUT2D eigenvalue weighted by Gasteiger charge is -2.26. The standard InChI is InChI=1S/C19H32N4O2/c1-19(2,16-5-7-17(24-3)8-6-16)15-22-18(20)21-9-4-10-23-11-13-25-14-12-23/h5-8H,4,9-15H2,1-3H3,(H3,20,21,22). The van der Waals surface area contributed by atoms with Gasteiger partial charge in [0.25, 0.3) is 0 Å². The second-order valence-electron chi connectivity index (χ2n) is 7.05. The molecule has 0 atom stereocenters. The average molecular weight is 348 g/mol. The van der Waals surface area contributed by atoms with Crippen molar-refractivity contribution in [1.29, 1.82) is 0 Å². The molecule has 0 bridgehead atoms. The molecule has 0 unspecified atom stereocenters. The van der Waals surface area contributed by atoms with Crippen molar-refractivity contribution < 1.29 is 9.47 Å². The maximum Gasteiger partial charge on any atom is 0.188 e. The van der Waals surface area contributed by atoms with E-state index in [1.165, 1.54) is 5.56 Å². The molecule has 1 aromatic rings. The van der Waals surface area contributed by atoms with Crippen molar-refractivity contribution >= 4 is 5.96 Å². The zero-order chi connectivity index (χ0) is 18.1. The number of nitrogens with two attached hydrogens (primary N) is 1. The third-order valence-corrected chi connectivity index (χ3v) is 4.58. The molecule has 1 aromatic carbocycles. The topological polar surface area (TPSA) is 72.1 Å². The molecule has 0 radical (unpaired) electrons. The molecule has 0 aromatic heterocycles. The van der Waals surface area contributed by atoms with Gasteiger partial charge in [-0.05, 0) is 30.7 Å². The van der Waals surface area contributed by atoms with Crippen molar-refractivity contribution in [3.8, 4) is 5.75 Å². The Morgan fingerprint density at radius 1 is 1.28 bits per heavy atom. The van der Waals surface area contributed by atoms with E-state index in [1.54, 1.807) is 7.11 Å². The van der Waals surface area contributed by atoms with E-state index in [9.17, 15) is 0 Å². The number of hydrogen-bond acceptors (Lipinski definition) is 4. The summed E-state index contributed by atoms with van der Waals surface area (Å²) >= 11 is 0. The maximum absolute atomic E-state index is 6.01. The largest absolute Gasteiger partial charge is 0.497 e. The van der Waals surface area contributed by atoms with Crippen LogP contribution < -0.4 is 15.8 Å². The summed E-state index contributed by atoms with van der Waals surface area (Å²) in [5.41, 5.74) is 7.15. The Morgan fingerprint density at radius 3 is 2.60 bits per heavy atom. The predicted molar refractivity (Wildman–Crippen MR) is 102 cm³/mol. The zero-order valence-electron chi connectivity index (χ0n) is 15.8. The first-order valence-corrected chi connectivity index (χ1v) is 9.00. The molecular formula is C19H32N4O2. The summed E-state index contributed by atoms with van der Waals surface area (Å²) in [4.78, 5) is 6.94. The predicted octanol–water partition coefficient (Wildman–Crippen LogP) is 1.60. The smallest absolute Gasteiger partial charge is 0.188 e. The quantitative estimate of drug-likeness (QED) is 0.424. The van der Waals surface area contributed by atoms with Crippen LogP contribution in [0.5, 0.6) is 5.75 Å². The average Bonchev–Trinajstić information content (AvgIpc) is 2.64. The Labute approximate surface area is 151 Å². The monoisotopic (exact) mass is 348 g/mol. The molecule has 1 fully saturated rings. The summed E-state index contributed by atoms with van der Waals surface area (Å²) in [6.45, 7) is 10.6. The van der Waals surface area contributed by atoms with E-state index in [2.05, 4.69) is 41.2 Å². The SMILES string of the molecule is COc1ccc(C(C)(C)CN=C(N)NCCCN2CCOCC2)cc1. The first-order valence-electron chi connectivity index (χ1n) is 9.00. The molecule has 0 saturated carbocycles. The molecule has 2 rings (SSSR count). The lowest BCUT2D eigenvalue weighted by molar-refractivity contribution is 0.0376. The molecule has 1 saturated heterocycles. The number of methoxy groups -OCH3 is 1. The molecule has 3 N–H and O–H groups in total. The van der Waals surface area contributed by atoms with Gasteiger partial charge in [-0.3, -0.25) is 9.89 Å². The Kier molecular flexibility index (Phi) is 7.52. The van der Waals surface area contributed by atoms with E-state index in [0.29, 0.717) is 12.5 Å². The van der Waals surface area contributed by atoms with Gasteiger partial charge in [0.15, 0.2) is 5.96 Å². The Hall–Kier alpha value is -1.79. The normalized spacial score (nSPS) is 16.7. The van der Waals surface area contributed by atoms with E-state index >= 15 is 0 Å². The molecule has 1 aliphatic heterocycles. The van der Waals surface area contributed by atoms with Crippen LogP contribution in [0.15, 0.2) is 29.3 Å². The van der Waals surface area contributed by atoms with Gasteiger partial charge in [-0.1, -0.05) is 26.0 Å². The van der Waals surface area contributed by atoms with Gasteiger partial charge in [-0.15, -0.1) is 0 Å². The molecular weight excluding hydrogens is 316 g/mol. The Bertz CT molecular complexity index is 537. The molecule has 0 amide bonds. The lowest BCUT2D eigenvalue weighted by atomic mass is 9.85. The fourth-order valence-corrected chi connectivity index (χ4v) is 2.82. The maximum atomic E-state index is 6.01. The minimum Gasteiger partial charge on any atom is -0.497 e. The van der Waals surface area contributed by atoms with Gasteiger partial charge in [0.2, 0.25) is 0 Å². The summed E-state index contributed by atoms with van der Waals surface area (Å²) in [5.74, 6) is 1.38. The highest BCUT2D eigenvalue weighted by Crippen LogP contribution is 2.25. The lowest BCUT2D eigenvalue weighted by Crippen LogP contribution is -2.39. The minimum atomic E-state index is -0.0770. The van der Waals surface area contributed by atoms with Crippen molar-refractivity contribution in [3.05, 3.63) is 29.8 Å². The molecule has 6 nitrogen and oxygen atoms in total. The number of morpholine rings is 1. The molecule has 1 heterocycles. The molecule has 140 valence electrons. The van der Waals surface area contributed by atoms with Crippen LogP contribution in [0.3, 0.4) is 0 Å². The number of nitrogens with zero attached hydrogens (tertiary/aromatic N) is 2. The highest BCUT2D eigenvalue weighted by atomic mass is 16.5. The number of ether oxygens (including phenoxy) is 2. The van der Waals surface area contributed by atoms with Crippen LogP contribution in [-0.2, 0) is 10.2 Å². The van der Waals surface area contributed by atoms with Crippen LogP contribution in [0.1, 0.15) is 25.8 Å². The number of nitrogens with one attached hydrogen (secondary N) is 1. The van der Waals surface area contributed by atoms with Crippen molar-refractivity contribution in [2.24, 2.45) is 10.7 Å². The van der Waals surface area contributed by atoms with E-state index in [-0.39, 0.29) is 5.41 Å². The number of aliphatic imine (C=N–C) groups is 1. The molecule has 1 aliphatic rings. The third-order valence-electron chi connectivity index (χ3n) is 4.58. The number of guanidine groups is 1. The van der Waals surface area contributed by atoms with Crippen molar-refractivity contribution in [1.82, 2.24) is 10.2 Å². The van der Waals surface area contributed by atoms with E-state index < -0.39 is 0 Å². The van der Waals surface area contributed by atoms with Gasteiger partial charge in [0.1, 0.15) is 5.75 Å². The van der Waals surface area contributed by atoms with E-state index in [1.807, 2.05) is 12.1 Å². The second kappa shape index (κ2) is 9.63. The fraction of sp³-hybridized carbons (Fsp3) is 0.632. The minimum absolute atomic E-state index is 0.0770. The van der Waals surface area contributed by atoms with Gasteiger partial charge in [-0.25, -0.2) is 0 Å². The van der Waals surface area contributed by atoms with Gasteiger partial charge >= 0.3 is 0 Å². The van der Waals surface area contributed by atoms with Gasteiger partial charge < -0.3 is 20.5 Å². The summed E-state index contributed by atoms with van der Waals surface area (Å²) in [6.07, 6.45) is 1.05.